The highest BCUT2D eigenvalue weighted by Crippen LogP contribution is 2.26. The first-order valence-electron chi connectivity index (χ1n) is 10.5. The van der Waals surface area contributed by atoms with Crippen LogP contribution in [0.25, 0.3) is 0 Å². The van der Waals surface area contributed by atoms with E-state index in [-0.39, 0.29) is 0 Å². The predicted octanol–water partition coefficient (Wildman–Crippen LogP) is 6.64. The Kier molecular flexibility index (Phi) is 9.10. The Labute approximate surface area is 164 Å². The zero-order valence-corrected chi connectivity index (χ0v) is 16.9. The van der Waals surface area contributed by atoms with Gasteiger partial charge in [-0.15, -0.1) is 0 Å². The quantitative estimate of drug-likeness (QED) is 0.428. The molecule has 146 valence electrons. The van der Waals surface area contributed by atoms with Crippen LogP contribution in [0, 0.1) is 5.92 Å². The summed E-state index contributed by atoms with van der Waals surface area (Å²) in [6.07, 6.45) is 9.63. The fourth-order valence-corrected chi connectivity index (χ4v) is 3.83. The van der Waals surface area contributed by atoms with Crippen LogP contribution in [0.3, 0.4) is 0 Å². The van der Waals surface area contributed by atoms with E-state index in [1.807, 2.05) is 18.2 Å². The standard InChI is InChI=1S/C25H34O2/c1-3-4-5-7-14-22(19-21-12-8-6-9-13-21)17-18-23-15-10-11-16-24(23)20(2)25(26)27/h6,8-13,15-16,20,22H,3-5,7,14,17-19H2,1-2H3,(H,26,27). The topological polar surface area (TPSA) is 37.3 Å². The first-order chi connectivity index (χ1) is 13.1. The third kappa shape index (κ3) is 7.21. The van der Waals surface area contributed by atoms with Crippen molar-refractivity contribution in [3.63, 3.8) is 0 Å². The van der Waals surface area contributed by atoms with Crippen LogP contribution in [-0.2, 0) is 17.6 Å². The highest BCUT2D eigenvalue weighted by Gasteiger charge is 2.18. The van der Waals surface area contributed by atoms with Gasteiger partial charge in [-0.2, -0.15) is 0 Å². The maximum Gasteiger partial charge on any atom is 0.310 e. The number of aliphatic carboxylic acids is 1. The summed E-state index contributed by atoms with van der Waals surface area (Å²) in [5.74, 6) is -0.543. The average Bonchev–Trinajstić information content (AvgIpc) is 2.69. The minimum atomic E-state index is -0.747. The molecule has 0 saturated carbocycles. The number of hydrogen-bond donors (Lipinski definition) is 1. The van der Waals surface area contributed by atoms with Crippen molar-refractivity contribution in [3.8, 4) is 0 Å². The average molecular weight is 367 g/mol. The molecule has 2 rings (SSSR count). The summed E-state index contributed by atoms with van der Waals surface area (Å²) in [4.78, 5) is 11.4. The molecule has 1 N–H and O–H groups in total. The van der Waals surface area contributed by atoms with Crippen LogP contribution < -0.4 is 0 Å². The van der Waals surface area contributed by atoms with E-state index in [0.29, 0.717) is 5.92 Å². The number of carboxylic acids is 1. The molecule has 0 aliphatic rings. The molecule has 2 heteroatoms. The van der Waals surface area contributed by atoms with Crippen LogP contribution in [0.5, 0.6) is 0 Å². The van der Waals surface area contributed by atoms with Crippen molar-refractivity contribution < 1.29 is 9.90 Å². The Morgan fingerprint density at radius 1 is 0.926 bits per heavy atom. The van der Waals surface area contributed by atoms with Crippen molar-refractivity contribution in [2.24, 2.45) is 5.92 Å². The number of carbonyl (C=O) groups is 1. The second-order valence-corrected chi connectivity index (χ2v) is 7.70. The van der Waals surface area contributed by atoms with Crippen molar-refractivity contribution >= 4 is 5.97 Å². The van der Waals surface area contributed by atoms with Gasteiger partial charge in [0.1, 0.15) is 0 Å². The Balaban J connectivity index is 2.03. The van der Waals surface area contributed by atoms with Crippen molar-refractivity contribution in [2.45, 2.75) is 71.1 Å². The molecule has 0 fully saturated rings. The van der Waals surface area contributed by atoms with Crippen LogP contribution in [-0.4, -0.2) is 11.1 Å². The summed E-state index contributed by atoms with van der Waals surface area (Å²) in [7, 11) is 0. The van der Waals surface area contributed by atoms with Gasteiger partial charge in [0.15, 0.2) is 0 Å². The fourth-order valence-electron chi connectivity index (χ4n) is 3.83. The fraction of sp³-hybridized carbons (Fsp3) is 0.480. The van der Waals surface area contributed by atoms with Gasteiger partial charge in [-0.3, -0.25) is 4.79 Å². The Hall–Kier alpha value is -2.09. The second-order valence-electron chi connectivity index (χ2n) is 7.70. The molecule has 2 atom stereocenters. The van der Waals surface area contributed by atoms with E-state index in [4.69, 9.17) is 0 Å². The van der Waals surface area contributed by atoms with Crippen LogP contribution in [0.1, 0.15) is 75.0 Å². The molecule has 0 aliphatic heterocycles. The molecule has 0 spiro atoms. The van der Waals surface area contributed by atoms with Crippen LogP contribution in [0.15, 0.2) is 54.6 Å². The zero-order chi connectivity index (χ0) is 19.5. The molecule has 2 unspecified atom stereocenters. The molecule has 27 heavy (non-hydrogen) atoms. The minimum Gasteiger partial charge on any atom is -0.481 e. The van der Waals surface area contributed by atoms with E-state index in [0.717, 1.165) is 24.8 Å². The first kappa shape index (κ1) is 21.2. The number of unbranched alkanes of at least 4 members (excludes halogenated alkanes) is 3. The van der Waals surface area contributed by atoms with Crippen molar-refractivity contribution in [1.82, 2.24) is 0 Å². The Morgan fingerprint density at radius 3 is 2.33 bits per heavy atom. The smallest absolute Gasteiger partial charge is 0.310 e. The third-order valence-corrected chi connectivity index (χ3v) is 5.55. The van der Waals surface area contributed by atoms with E-state index in [1.54, 1.807) is 6.92 Å². The number of aryl methyl sites for hydroxylation is 1. The molecule has 0 saturated heterocycles. The molecule has 2 aromatic carbocycles. The monoisotopic (exact) mass is 366 g/mol. The molecule has 0 aromatic heterocycles. The SMILES string of the molecule is CCCCCCC(CCc1ccccc1C(C)C(=O)O)Cc1ccccc1. The van der Waals surface area contributed by atoms with Gasteiger partial charge < -0.3 is 5.11 Å². The van der Waals surface area contributed by atoms with E-state index in [9.17, 15) is 9.90 Å². The summed E-state index contributed by atoms with van der Waals surface area (Å²) in [6.45, 7) is 4.04. The van der Waals surface area contributed by atoms with Crippen molar-refractivity contribution in [1.29, 1.82) is 0 Å². The lowest BCUT2D eigenvalue weighted by Gasteiger charge is -2.19. The van der Waals surface area contributed by atoms with Gasteiger partial charge in [-0.1, -0.05) is 93.6 Å². The molecule has 2 nitrogen and oxygen atoms in total. The lowest BCUT2D eigenvalue weighted by Crippen LogP contribution is -2.12. The summed E-state index contributed by atoms with van der Waals surface area (Å²) in [5.41, 5.74) is 3.57. The lowest BCUT2D eigenvalue weighted by atomic mass is 9.86. The van der Waals surface area contributed by atoms with Crippen LogP contribution in [0.2, 0.25) is 0 Å². The second kappa shape index (κ2) is 11.6. The van der Waals surface area contributed by atoms with Gasteiger partial charge >= 0.3 is 5.97 Å². The van der Waals surface area contributed by atoms with Crippen LogP contribution >= 0.6 is 0 Å². The largest absolute Gasteiger partial charge is 0.481 e. The minimum absolute atomic E-state index is 0.446. The van der Waals surface area contributed by atoms with E-state index in [1.165, 1.54) is 43.2 Å². The molecule has 0 heterocycles. The van der Waals surface area contributed by atoms with Crippen molar-refractivity contribution in [2.75, 3.05) is 0 Å². The summed E-state index contributed by atoms with van der Waals surface area (Å²) in [5, 5.41) is 9.40. The number of rotatable bonds is 12. The molecule has 0 bridgehead atoms. The molecule has 0 amide bonds. The van der Waals surface area contributed by atoms with Gasteiger partial charge in [0, 0.05) is 0 Å². The predicted molar refractivity (Wildman–Crippen MR) is 113 cm³/mol. The lowest BCUT2D eigenvalue weighted by molar-refractivity contribution is -0.138. The summed E-state index contributed by atoms with van der Waals surface area (Å²) >= 11 is 0. The normalized spacial score (nSPS) is 13.3. The molecule has 0 radical (unpaired) electrons. The highest BCUT2D eigenvalue weighted by molar-refractivity contribution is 5.76. The number of hydrogen-bond acceptors (Lipinski definition) is 1. The Bertz CT molecular complexity index is 678. The maximum atomic E-state index is 11.4. The van der Waals surface area contributed by atoms with Gasteiger partial charge in [-0.05, 0) is 48.8 Å². The van der Waals surface area contributed by atoms with E-state index in [2.05, 4.69) is 43.3 Å². The zero-order valence-electron chi connectivity index (χ0n) is 16.9. The molecule has 0 aliphatic carbocycles. The summed E-state index contributed by atoms with van der Waals surface area (Å²) < 4.78 is 0. The third-order valence-electron chi connectivity index (χ3n) is 5.55. The van der Waals surface area contributed by atoms with Gasteiger partial charge in [-0.25, -0.2) is 0 Å². The first-order valence-corrected chi connectivity index (χ1v) is 10.5. The highest BCUT2D eigenvalue weighted by atomic mass is 16.4. The number of benzene rings is 2. The van der Waals surface area contributed by atoms with Gasteiger partial charge in [0.05, 0.1) is 5.92 Å². The van der Waals surface area contributed by atoms with E-state index >= 15 is 0 Å². The van der Waals surface area contributed by atoms with Gasteiger partial charge in [0.2, 0.25) is 0 Å². The Morgan fingerprint density at radius 2 is 1.63 bits per heavy atom. The van der Waals surface area contributed by atoms with Crippen LogP contribution in [0.4, 0.5) is 0 Å². The summed E-state index contributed by atoms with van der Waals surface area (Å²) in [6, 6.07) is 18.8. The van der Waals surface area contributed by atoms with E-state index < -0.39 is 11.9 Å². The van der Waals surface area contributed by atoms with Crippen molar-refractivity contribution in [3.05, 3.63) is 71.3 Å². The van der Waals surface area contributed by atoms with Gasteiger partial charge in [0.25, 0.3) is 0 Å². The maximum absolute atomic E-state index is 11.4. The number of carboxylic acid groups (broad SMARTS) is 1. The molecular weight excluding hydrogens is 332 g/mol. The molecular formula is C25H34O2. The molecule has 2 aromatic rings.